The van der Waals surface area contributed by atoms with Crippen LogP contribution in [0.25, 0.3) is 0 Å². The number of fused-ring (bicyclic) bond motifs is 2. The summed E-state index contributed by atoms with van der Waals surface area (Å²) in [6.07, 6.45) is 1.72. The number of cyclic esters (lactones) is 1. The van der Waals surface area contributed by atoms with E-state index < -0.39 is 99.4 Å². The van der Waals surface area contributed by atoms with E-state index >= 15 is 0 Å². The summed E-state index contributed by atoms with van der Waals surface area (Å²) in [4.78, 5) is 53.7. The van der Waals surface area contributed by atoms with E-state index in [1.165, 1.54) is 19.4 Å². The van der Waals surface area contributed by atoms with E-state index in [9.17, 15) is 24.3 Å². The van der Waals surface area contributed by atoms with Crippen LogP contribution in [0.3, 0.4) is 0 Å². The van der Waals surface area contributed by atoms with Crippen molar-refractivity contribution in [1.29, 1.82) is 0 Å². The fourth-order valence-electron chi connectivity index (χ4n) is 10.2. The summed E-state index contributed by atoms with van der Waals surface area (Å²) in [5.41, 5.74) is -5.07. The zero-order chi connectivity index (χ0) is 34.5. The molecule has 1 spiro atoms. The van der Waals surface area contributed by atoms with Gasteiger partial charge in [0.15, 0.2) is 11.7 Å². The third-order valence-corrected chi connectivity index (χ3v) is 12.6. The standard InChI is InChI=1S/C36H48O11/c1-10-19(4)28(40)46-31-35(41)29(45-27(39)18(2)3)32(5,6)22(15-24(37)42-9)34(8)21-11-13-33(7)23(36(21,31)47-30(34)35)16-25(38)44-26(33)20-12-14-43-17-20/h12,14,16-19,21-22,26,29-31,41H,10-11,13,15H2,1-9H3/t19?,21?,22-,26-,29-,30?,31+,33+,34+,35?,36?/m0/s1. The molecule has 0 radical (unpaired) electrons. The van der Waals surface area contributed by atoms with Crippen LogP contribution in [0.5, 0.6) is 0 Å². The van der Waals surface area contributed by atoms with Gasteiger partial charge >= 0.3 is 23.9 Å². The molecule has 11 heteroatoms. The maximum absolute atomic E-state index is 13.8. The minimum Gasteiger partial charge on any atom is -0.472 e. The summed E-state index contributed by atoms with van der Waals surface area (Å²) in [5, 5.41) is 13.3. The molecule has 1 N–H and O–H groups in total. The predicted molar refractivity (Wildman–Crippen MR) is 165 cm³/mol. The number of hydrogen-bond acceptors (Lipinski definition) is 11. The quantitative estimate of drug-likeness (QED) is 0.302. The maximum Gasteiger partial charge on any atom is 0.331 e. The molecule has 6 rings (SSSR count). The number of ether oxygens (including phenoxy) is 5. The zero-order valence-corrected chi connectivity index (χ0v) is 28.8. The molecule has 2 bridgehead atoms. The van der Waals surface area contributed by atoms with Crippen molar-refractivity contribution in [2.24, 2.45) is 39.9 Å². The molecule has 4 fully saturated rings. The molecular weight excluding hydrogens is 608 g/mol. The van der Waals surface area contributed by atoms with Crippen molar-refractivity contribution in [2.75, 3.05) is 7.11 Å². The van der Waals surface area contributed by atoms with Gasteiger partial charge in [0.1, 0.15) is 23.9 Å². The third kappa shape index (κ3) is 4.30. The number of hydrogen-bond donors (Lipinski definition) is 1. The number of aliphatic hydroxyl groups is 1. The van der Waals surface area contributed by atoms with E-state index in [0.717, 1.165) is 0 Å². The first-order valence-corrected chi connectivity index (χ1v) is 16.8. The molecule has 11 atom stereocenters. The topological polar surface area (TPSA) is 148 Å². The highest BCUT2D eigenvalue weighted by molar-refractivity contribution is 5.86. The average molecular weight is 657 g/mol. The molecule has 5 aliphatic rings. The SMILES string of the molecule is CCC(C)C(=O)O[C@H]1C23OC4C1(O)[C@@H](OC(=O)C(C)C)C(C)(C)[C@H](CC(=O)OC)[C@@]4(C)C2CC[C@]1(C)C3=CC(=O)O[C@H]1c1ccoc1. The van der Waals surface area contributed by atoms with Crippen molar-refractivity contribution in [1.82, 2.24) is 0 Å². The van der Waals surface area contributed by atoms with Crippen molar-refractivity contribution < 1.29 is 52.4 Å². The second-order valence-corrected chi connectivity index (χ2v) is 15.7. The minimum atomic E-state index is -2.04. The Balaban J connectivity index is 1.62. The molecule has 4 heterocycles. The lowest BCUT2D eigenvalue weighted by molar-refractivity contribution is -0.293. The van der Waals surface area contributed by atoms with Crippen molar-refractivity contribution in [3.05, 3.63) is 35.8 Å². The molecule has 2 saturated carbocycles. The van der Waals surface area contributed by atoms with Crippen LogP contribution in [0.2, 0.25) is 0 Å². The van der Waals surface area contributed by atoms with Gasteiger partial charge in [0.2, 0.25) is 0 Å². The van der Waals surface area contributed by atoms with Crippen LogP contribution < -0.4 is 0 Å². The van der Waals surface area contributed by atoms with E-state index in [1.807, 2.05) is 34.6 Å². The largest absolute Gasteiger partial charge is 0.472 e. The molecule has 2 aliphatic carbocycles. The molecule has 2 saturated heterocycles. The summed E-state index contributed by atoms with van der Waals surface area (Å²) >= 11 is 0. The van der Waals surface area contributed by atoms with Crippen molar-refractivity contribution >= 4 is 23.9 Å². The monoisotopic (exact) mass is 656 g/mol. The average Bonchev–Trinajstić information content (AvgIpc) is 3.71. The summed E-state index contributed by atoms with van der Waals surface area (Å²) in [7, 11) is 1.33. The molecule has 258 valence electrons. The number of rotatable bonds is 8. The van der Waals surface area contributed by atoms with Gasteiger partial charge in [-0.25, -0.2) is 4.79 Å². The van der Waals surface area contributed by atoms with Gasteiger partial charge in [-0.15, -0.1) is 0 Å². The Labute approximate surface area is 275 Å². The number of esters is 4. The number of carbonyl (C=O) groups excluding carboxylic acids is 4. The molecule has 1 aromatic heterocycles. The highest BCUT2D eigenvalue weighted by Crippen LogP contribution is 2.79. The summed E-state index contributed by atoms with van der Waals surface area (Å²) in [5.74, 6) is -4.05. The smallest absolute Gasteiger partial charge is 0.331 e. The Kier molecular flexibility index (Phi) is 7.83. The summed E-state index contributed by atoms with van der Waals surface area (Å²) < 4.78 is 36.4. The first-order valence-electron chi connectivity index (χ1n) is 16.8. The molecule has 5 unspecified atom stereocenters. The summed E-state index contributed by atoms with van der Waals surface area (Å²) in [6, 6.07) is 1.75. The Morgan fingerprint density at radius 1 is 1.06 bits per heavy atom. The van der Waals surface area contributed by atoms with E-state index in [4.69, 9.17) is 28.1 Å². The fourth-order valence-corrected chi connectivity index (χ4v) is 10.2. The van der Waals surface area contributed by atoms with Crippen LogP contribution in [0.1, 0.15) is 92.7 Å². The lowest BCUT2D eigenvalue weighted by Gasteiger charge is -2.67. The molecule has 3 aliphatic heterocycles. The van der Waals surface area contributed by atoms with Crippen LogP contribution in [0, 0.1) is 39.9 Å². The Morgan fingerprint density at radius 2 is 1.74 bits per heavy atom. The highest BCUT2D eigenvalue weighted by atomic mass is 16.6. The van der Waals surface area contributed by atoms with Gasteiger partial charge in [0.05, 0.1) is 31.5 Å². The molecule has 0 amide bonds. The summed E-state index contributed by atoms with van der Waals surface area (Å²) in [6.45, 7) is 14.8. The van der Waals surface area contributed by atoms with Crippen LogP contribution >= 0.6 is 0 Å². The van der Waals surface area contributed by atoms with Crippen molar-refractivity contribution in [3.8, 4) is 0 Å². The Hall–Kier alpha value is -3.18. The van der Waals surface area contributed by atoms with Gasteiger partial charge in [0.25, 0.3) is 0 Å². The second kappa shape index (κ2) is 10.9. The van der Waals surface area contributed by atoms with Gasteiger partial charge in [-0.2, -0.15) is 0 Å². The second-order valence-electron chi connectivity index (χ2n) is 15.7. The van der Waals surface area contributed by atoms with Gasteiger partial charge in [0, 0.05) is 40.2 Å². The van der Waals surface area contributed by atoms with E-state index in [1.54, 1.807) is 33.1 Å². The predicted octanol–water partition coefficient (Wildman–Crippen LogP) is 4.85. The number of carbonyl (C=O) groups is 4. The zero-order valence-electron chi connectivity index (χ0n) is 28.8. The molecule has 1 aromatic rings. The molecule has 47 heavy (non-hydrogen) atoms. The number of methoxy groups -OCH3 is 1. The molecular formula is C36H48O11. The highest BCUT2D eigenvalue weighted by Gasteiger charge is 2.90. The molecule has 11 nitrogen and oxygen atoms in total. The van der Waals surface area contributed by atoms with Crippen LogP contribution in [-0.2, 0) is 42.9 Å². The maximum atomic E-state index is 13.8. The van der Waals surface area contributed by atoms with Crippen LogP contribution in [-0.4, -0.2) is 65.6 Å². The minimum absolute atomic E-state index is 0.0222. The normalized spacial score (nSPS) is 41.7. The van der Waals surface area contributed by atoms with Gasteiger partial charge < -0.3 is 33.2 Å². The number of furan rings is 1. The van der Waals surface area contributed by atoms with Crippen LogP contribution in [0.4, 0.5) is 0 Å². The lowest BCUT2D eigenvalue weighted by atomic mass is 9.37. The first-order chi connectivity index (χ1) is 21.9. The van der Waals surface area contributed by atoms with Crippen molar-refractivity contribution in [3.63, 3.8) is 0 Å². The lowest BCUT2D eigenvalue weighted by Crippen LogP contribution is -2.80. The van der Waals surface area contributed by atoms with Crippen LogP contribution in [0.15, 0.2) is 34.7 Å². The first kappa shape index (κ1) is 33.7. The molecule has 0 aromatic carbocycles. The van der Waals surface area contributed by atoms with Gasteiger partial charge in [-0.3, -0.25) is 14.4 Å². The van der Waals surface area contributed by atoms with E-state index in [0.29, 0.717) is 30.4 Å². The van der Waals surface area contributed by atoms with Gasteiger partial charge in [-0.1, -0.05) is 55.4 Å². The van der Waals surface area contributed by atoms with Gasteiger partial charge in [-0.05, 0) is 36.8 Å². The third-order valence-electron chi connectivity index (χ3n) is 12.6. The van der Waals surface area contributed by atoms with Crippen molar-refractivity contribution in [2.45, 2.75) is 117 Å². The van der Waals surface area contributed by atoms with E-state index in [-0.39, 0.29) is 6.42 Å². The Bertz CT molecular complexity index is 1490. The fraction of sp³-hybridized carbons (Fsp3) is 0.722. The Morgan fingerprint density at radius 3 is 2.34 bits per heavy atom. The van der Waals surface area contributed by atoms with E-state index in [2.05, 4.69) is 0 Å².